The second-order valence-corrected chi connectivity index (χ2v) is 6.86. The van der Waals surface area contributed by atoms with E-state index in [-0.39, 0.29) is 0 Å². The van der Waals surface area contributed by atoms with E-state index in [0.29, 0.717) is 16.1 Å². The first kappa shape index (κ1) is 15.5. The highest BCUT2D eigenvalue weighted by molar-refractivity contribution is 7.17. The van der Waals surface area contributed by atoms with Gasteiger partial charge in [0, 0.05) is 25.7 Å². The molecular formula is C16H18ClN3OS. The Hall–Kier alpha value is -1.43. The van der Waals surface area contributed by atoms with Crippen LogP contribution in [0.1, 0.15) is 28.1 Å². The zero-order valence-corrected chi connectivity index (χ0v) is 13.7. The first-order chi connectivity index (χ1) is 10.7. The molecule has 0 atom stereocenters. The average molecular weight is 336 g/mol. The van der Waals surface area contributed by atoms with Gasteiger partial charge < -0.3 is 5.32 Å². The lowest BCUT2D eigenvalue weighted by Gasteiger charge is -2.32. The third kappa shape index (κ3) is 3.85. The van der Waals surface area contributed by atoms with E-state index < -0.39 is 0 Å². The minimum absolute atomic E-state index is 0.295. The van der Waals surface area contributed by atoms with Crippen molar-refractivity contribution in [2.75, 3.05) is 18.4 Å². The molecule has 6 heteroatoms. The fraction of sp³-hybridized carbons (Fsp3) is 0.375. The van der Waals surface area contributed by atoms with E-state index in [2.05, 4.69) is 39.5 Å². The lowest BCUT2D eigenvalue weighted by atomic mass is 10.0. The number of aldehydes is 1. The van der Waals surface area contributed by atoms with Gasteiger partial charge in [-0.3, -0.25) is 9.69 Å². The SMILES string of the molecule is O=Cc1sc(NC2CCN(Cc3ccccc3)CC2)nc1Cl. The zero-order chi connectivity index (χ0) is 15.4. The molecule has 4 nitrogen and oxygen atoms in total. The number of carbonyl (C=O) groups excluding carboxylic acids is 1. The molecule has 0 saturated carbocycles. The maximum absolute atomic E-state index is 10.8. The molecule has 0 amide bonds. The Labute approximate surface area is 139 Å². The molecule has 116 valence electrons. The second-order valence-electron chi connectivity index (χ2n) is 5.47. The Morgan fingerprint density at radius 1 is 1.32 bits per heavy atom. The lowest BCUT2D eigenvalue weighted by Crippen LogP contribution is -2.38. The Morgan fingerprint density at radius 3 is 2.68 bits per heavy atom. The van der Waals surface area contributed by atoms with Gasteiger partial charge in [-0.2, -0.15) is 0 Å². The minimum Gasteiger partial charge on any atom is -0.359 e. The van der Waals surface area contributed by atoms with E-state index in [0.717, 1.165) is 43.9 Å². The van der Waals surface area contributed by atoms with Crippen molar-refractivity contribution < 1.29 is 4.79 Å². The molecule has 1 aliphatic heterocycles. The molecule has 22 heavy (non-hydrogen) atoms. The van der Waals surface area contributed by atoms with Crippen LogP contribution in [0, 0.1) is 0 Å². The highest BCUT2D eigenvalue weighted by atomic mass is 35.5. The van der Waals surface area contributed by atoms with Gasteiger partial charge in [-0.25, -0.2) is 4.98 Å². The molecular weight excluding hydrogens is 318 g/mol. The van der Waals surface area contributed by atoms with Crippen LogP contribution in [0.25, 0.3) is 0 Å². The van der Waals surface area contributed by atoms with Crippen molar-refractivity contribution in [1.29, 1.82) is 0 Å². The normalized spacial score (nSPS) is 16.6. The highest BCUT2D eigenvalue weighted by Gasteiger charge is 2.20. The van der Waals surface area contributed by atoms with Crippen molar-refractivity contribution in [2.24, 2.45) is 0 Å². The molecule has 1 aliphatic rings. The number of thiazole rings is 1. The molecule has 2 aromatic rings. The first-order valence-electron chi connectivity index (χ1n) is 7.39. The van der Waals surface area contributed by atoms with Gasteiger partial charge >= 0.3 is 0 Å². The molecule has 1 N–H and O–H groups in total. The summed E-state index contributed by atoms with van der Waals surface area (Å²) in [6, 6.07) is 11.0. The summed E-state index contributed by atoms with van der Waals surface area (Å²) in [6.07, 6.45) is 2.90. The number of likely N-dealkylation sites (tertiary alicyclic amines) is 1. The zero-order valence-electron chi connectivity index (χ0n) is 12.2. The van der Waals surface area contributed by atoms with Gasteiger partial charge in [0.15, 0.2) is 16.6 Å². The minimum atomic E-state index is 0.295. The number of nitrogens with one attached hydrogen (secondary N) is 1. The highest BCUT2D eigenvalue weighted by Crippen LogP contribution is 2.27. The number of carbonyl (C=O) groups is 1. The van der Waals surface area contributed by atoms with E-state index in [1.54, 1.807) is 0 Å². The van der Waals surface area contributed by atoms with Crippen molar-refractivity contribution in [3.05, 3.63) is 45.9 Å². The summed E-state index contributed by atoms with van der Waals surface area (Å²) < 4.78 is 0. The molecule has 0 unspecified atom stereocenters. The molecule has 0 bridgehead atoms. The number of hydrogen-bond donors (Lipinski definition) is 1. The number of anilines is 1. The summed E-state index contributed by atoms with van der Waals surface area (Å²) in [5, 5.41) is 4.44. The largest absolute Gasteiger partial charge is 0.359 e. The van der Waals surface area contributed by atoms with Crippen LogP contribution in [-0.2, 0) is 6.54 Å². The van der Waals surface area contributed by atoms with Gasteiger partial charge in [0.05, 0.1) is 0 Å². The van der Waals surface area contributed by atoms with Crippen LogP contribution in [0.2, 0.25) is 5.15 Å². The molecule has 0 radical (unpaired) electrons. The van der Waals surface area contributed by atoms with E-state index >= 15 is 0 Å². The summed E-state index contributed by atoms with van der Waals surface area (Å²) in [4.78, 5) is 18.0. The number of piperidine rings is 1. The van der Waals surface area contributed by atoms with E-state index in [1.165, 1.54) is 16.9 Å². The third-order valence-electron chi connectivity index (χ3n) is 3.88. The van der Waals surface area contributed by atoms with Gasteiger partial charge in [-0.05, 0) is 18.4 Å². The maximum Gasteiger partial charge on any atom is 0.185 e. The molecule has 1 aromatic heterocycles. The van der Waals surface area contributed by atoms with Crippen LogP contribution in [-0.4, -0.2) is 35.3 Å². The van der Waals surface area contributed by atoms with Gasteiger partial charge in [0.2, 0.25) is 0 Å². The van der Waals surface area contributed by atoms with Crippen LogP contribution in [0.4, 0.5) is 5.13 Å². The first-order valence-corrected chi connectivity index (χ1v) is 8.58. The Kier molecular flexibility index (Phi) is 5.08. The average Bonchev–Trinajstić information content (AvgIpc) is 2.90. The number of rotatable bonds is 5. The predicted molar refractivity (Wildman–Crippen MR) is 90.9 cm³/mol. The molecule has 0 spiro atoms. The number of aromatic nitrogens is 1. The molecule has 2 heterocycles. The van der Waals surface area contributed by atoms with Crippen LogP contribution in [0.5, 0.6) is 0 Å². The lowest BCUT2D eigenvalue weighted by molar-refractivity contribution is 0.112. The van der Waals surface area contributed by atoms with Crippen LogP contribution in [0.3, 0.4) is 0 Å². The van der Waals surface area contributed by atoms with Crippen molar-refractivity contribution in [3.8, 4) is 0 Å². The Balaban J connectivity index is 1.50. The number of halogens is 1. The number of nitrogens with zero attached hydrogens (tertiary/aromatic N) is 2. The van der Waals surface area contributed by atoms with Gasteiger partial charge in [0.1, 0.15) is 4.88 Å². The summed E-state index contributed by atoms with van der Waals surface area (Å²) in [7, 11) is 0. The van der Waals surface area contributed by atoms with Crippen molar-refractivity contribution >= 4 is 34.4 Å². The standard InChI is InChI=1S/C16H18ClN3OS/c17-15-14(11-21)22-16(19-15)18-13-6-8-20(9-7-13)10-12-4-2-1-3-5-12/h1-5,11,13H,6-10H2,(H,18,19). The fourth-order valence-corrected chi connectivity index (χ4v) is 3.74. The smallest absolute Gasteiger partial charge is 0.185 e. The molecule has 0 aliphatic carbocycles. The number of benzene rings is 1. The Morgan fingerprint density at radius 2 is 2.05 bits per heavy atom. The summed E-state index contributed by atoms with van der Waals surface area (Å²) in [5.41, 5.74) is 1.36. The number of hydrogen-bond acceptors (Lipinski definition) is 5. The molecule has 3 rings (SSSR count). The quantitative estimate of drug-likeness (QED) is 0.846. The predicted octanol–water partition coefficient (Wildman–Crippen LogP) is 3.69. The van der Waals surface area contributed by atoms with Crippen LogP contribution in [0.15, 0.2) is 30.3 Å². The summed E-state index contributed by atoms with van der Waals surface area (Å²) in [5.74, 6) is 0. The summed E-state index contributed by atoms with van der Waals surface area (Å²) in [6.45, 7) is 3.13. The summed E-state index contributed by atoms with van der Waals surface area (Å²) >= 11 is 7.22. The monoisotopic (exact) mass is 335 g/mol. The van der Waals surface area contributed by atoms with E-state index in [9.17, 15) is 4.79 Å². The Bertz CT molecular complexity index is 624. The van der Waals surface area contributed by atoms with Crippen LogP contribution >= 0.6 is 22.9 Å². The van der Waals surface area contributed by atoms with E-state index in [4.69, 9.17) is 11.6 Å². The third-order valence-corrected chi connectivity index (χ3v) is 5.19. The van der Waals surface area contributed by atoms with Gasteiger partial charge in [-0.15, -0.1) is 0 Å². The van der Waals surface area contributed by atoms with Gasteiger partial charge in [0.25, 0.3) is 0 Å². The molecule has 1 saturated heterocycles. The molecule has 1 aromatic carbocycles. The molecule has 1 fully saturated rings. The van der Waals surface area contributed by atoms with Crippen molar-refractivity contribution in [3.63, 3.8) is 0 Å². The van der Waals surface area contributed by atoms with Crippen molar-refractivity contribution in [2.45, 2.75) is 25.4 Å². The maximum atomic E-state index is 10.8. The van der Waals surface area contributed by atoms with Crippen LogP contribution < -0.4 is 5.32 Å². The van der Waals surface area contributed by atoms with E-state index in [1.807, 2.05) is 6.07 Å². The van der Waals surface area contributed by atoms with Gasteiger partial charge in [-0.1, -0.05) is 53.3 Å². The van der Waals surface area contributed by atoms with Crippen molar-refractivity contribution in [1.82, 2.24) is 9.88 Å². The fourth-order valence-electron chi connectivity index (χ4n) is 2.70. The second kappa shape index (κ2) is 7.22. The topological polar surface area (TPSA) is 45.2 Å².